The lowest BCUT2D eigenvalue weighted by Crippen LogP contribution is -2.25. The minimum absolute atomic E-state index is 0.0267. The monoisotopic (exact) mass is 593 g/mol. The van der Waals surface area contributed by atoms with Gasteiger partial charge in [0.15, 0.2) is 0 Å². The number of carbonyl (C=O) groups is 2. The number of carboxylic acid groups (broad SMARTS) is 1. The molecule has 0 atom stereocenters. The van der Waals surface area contributed by atoms with Crippen LogP contribution in [0.4, 0.5) is 13.2 Å². The fourth-order valence-electron chi connectivity index (χ4n) is 4.17. The molecule has 0 heterocycles. The average molecular weight is 594 g/mol. The molecule has 0 aliphatic heterocycles. The fourth-order valence-corrected chi connectivity index (χ4v) is 4.17. The van der Waals surface area contributed by atoms with Gasteiger partial charge in [0.05, 0.1) is 12.5 Å². The number of benzene rings is 4. The van der Waals surface area contributed by atoms with Crippen molar-refractivity contribution in [2.24, 2.45) is 0 Å². The number of aliphatic carboxylic acids is 1. The van der Waals surface area contributed by atoms with Crippen LogP contribution in [-0.4, -0.2) is 36.0 Å². The van der Waals surface area contributed by atoms with E-state index in [2.05, 4.69) is 10.1 Å². The molecule has 224 valence electrons. The summed E-state index contributed by atoms with van der Waals surface area (Å²) in [6.45, 7) is 4.10. The SMILES string of the molecule is CC(C)Oc1ccc(-c2cc(OCc3ccc(C(=O)NCCC(=O)O)cc3)cc(-c3ccc(OC(F)(F)F)cc3)c2)cc1. The van der Waals surface area contributed by atoms with Crippen molar-refractivity contribution in [1.82, 2.24) is 5.32 Å². The van der Waals surface area contributed by atoms with Crippen LogP contribution >= 0.6 is 0 Å². The van der Waals surface area contributed by atoms with Crippen LogP contribution < -0.4 is 19.5 Å². The standard InChI is InChI=1S/C33H30F3NO6/c1-21(2)42-28-11-7-23(8-12-28)26-17-27(24-9-13-29(14-10-24)43-33(34,35)36)19-30(18-26)41-20-22-3-5-25(6-4-22)32(40)37-16-15-31(38)39/h3-14,17-19,21H,15-16,20H2,1-2H3,(H,37,40)(H,38,39). The highest BCUT2D eigenvalue weighted by Gasteiger charge is 2.31. The highest BCUT2D eigenvalue weighted by molar-refractivity contribution is 5.94. The second-order valence-electron chi connectivity index (χ2n) is 9.89. The molecule has 0 saturated carbocycles. The summed E-state index contributed by atoms with van der Waals surface area (Å²) in [5.41, 5.74) is 4.28. The van der Waals surface area contributed by atoms with Crippen molar-refractivity contribution >= 4 is 11.9 Å². The van der Waals surface area contributed by atoms with Gasteiger partial charge >= 0.3 is 12.3 Å². The van der Waals surface area contributed by atoms with Gasteiger partial charge in [-0.25, -0.2) is 0 Å². The van der Waals surface area contributed by atoms with Crippen molar-refractivity contribution in [2.45, 2.75) is 39.3 Å². The molecule has 0 saturated heterocycles. The second kappa shape index (κ2) is 13.8. The number of alkyl halides is 3. The number of halogens is 3. The first kappa shape index (κ1) is 31.0. The van der Waals surface area contributed by atoms with Crippen LogP contribution in [0.2, 0.25) is 0 Å². The third-order valence-corrected chi connectivity index (χ3v) is 6.13. The molecule has 0 spiro atoms. The molecule has 0 bridgehead atoms. The van der Waals surface area contributed by atoms with Gasteiger partial charge in [0.2, 0.25) is 0 Å². The smallest absolute Gasteiger partial charge is 0.491 e. The van der Waals surface area contributed by atoms with Crippen LogP contribution in [-0.2, 0) is 11.4 Å². The Bertz CT molecular complexity index is 1530. The molecule has 10 heteroatoms. The van der Waals surface area contributed by atoms with E-state index in [1.54, 1.807) is 42.5 Å². The van der Waals surface area contributed by atoms with Gasteiger partial charge in [0.1, 0.15) is 23.9 Å². The predicted molar refractivity (Wildman–Crippen MR) is 155 cm³/mol. The zero-order chi connectivity index (χ0) is 31.0. The van der Waals surface area contributed by atoms with Gasteiger partial charge in [0.25, 0.3) is 5.91 Å². The Labute approximate surface area is 246 Å². The Balaban J connectivity index is 1.55. The third-order valence-electron chi connectivity index (χ3n) is 6.13. The molecule has 4 rings (SSSR count). The molecule has 0 aliphatic rings. The number of rotatable bonds is 12. The van der Waals surface area contributed by atoms with Gasteiger partial charge in [-0.3, -0.25) is 9.59 Å². The Morgan fingerprint density at radius 3 is 1.84 bits per heavy atom. The molecular formula is C33H30F3NO6. The van der Waals surface area contributed by atoms with E-state index in [1.165, 1.54) is 12.1 Å². The number of hydrogen-bond donors (Lipinski definition) is 2. The number of nitrogens with one attached hydrogen (secondary N) is 1. The van der Waals surface area contributed by atoms with Crippen LogP contribution in [0.25, 0.3) is 22.3 Å². The number of ether oxygens (including phenoxy) is 3. The molecular weight excluding hydrogens is 563 g/mol. The Morgan fingerprint density at radius 2 is 1.33 bits per heavy atom. The first-order valence-corrected chi connectivity index (χ1v) is 13.5. The van der Waals surface area contributed by atoms with Crippen LogP contribution in [0.1, 0.15) is 36.2 Å². The maximum Gasteiger partial charge on any atom is 0.573 e. The van der Waals surface area contributed by atoms with E-state index in [1.807, 2.05) is 50.2 Å². The summed E-state index contributed by atoms with van der Waals surface area (Å²) >= 11 is 0. The maximum atomic E-state index is 12.6. The minimum atomic E-state index is -4.78. The molecule has 1 amide bonds. The van der Waals surface area contributed by atoms with Crippen molar-refractivity contribution in [3.8, 4) is 39.5 Å². The van der Waals surface area contributed by atoms with E-state index in [9.17, 15) is 22.8 Å². The van der Waals surface area contributed by atoms with Gasteiger partial charge in [-0.1, -0.05) is 36.4 Å². The lowest BCUT2D eigenvalue weighted by atomic mass is 9.98. The largest absolute Gasteiger partial charge is 0.573 e. The molecule has 0 radical (unpaired) electrons. The summed E-state index contributed by atoms with van der Waals surface area (Å²) < 4.78 is 53.7. The van der Waals surface area contributed by atoms with Crippen molar-refractivity contribution in [3.63, 3.8) is 0 Å². The quantitative estimate of drug-likeness (QED) is 0.177. The van der Waals surface area contributed by atoms with E-state index >= 15 is 0 Å². The fraction of sp³-hybridized carbons (Fsp3) is 0.212. The van der Waals surface area contributed by atoms with E-state index in [4.69, 9.17) is 14.6 Å². The Morgan fingerprint density at radius 1 is 0.767 bits per heavy atom. The van der Waals surface area contributed by atoms with Crippen LogP contribution in [0, 0.1) is 0 Å². The highest BCUT2D eigenvalue weighted by atomic mass is 19.4. The van der Waals surface area contributed by atoms with Crippen molar-refractivity contribution in [3.05, 3.63) is 102 Å². The van der Waals surface area contributed by atoms with Crippen LogP contribution in [0.5, 0.6) is 17.2 Å². The van der Waals surface area contributed by atoms with E-state index < -0.39 is 12.3 Å². The van der Waals surface area contributed by atoms with Crippen molar-refractivity contribution in [1.29, 1.82) is 0 Å². The molecule has 0 aromatic heterocycles. The van der Waals surface area contributed by atoms with Crippen LogP contribution in [0.3, 0.4) is 0 Å². The van der Waals surface area contributed by atoms with Crippen molar-refractivity contribution < 1.29 is 42.1 Å². The lowest BCUT2D eigenvalue weighted by Gasteiger charge is -2.14. The molecule has 7 nitrogen and oxygen atoms in total. The maximum absolute atomic E-state index is 12.6. The molecule has 0 aliphatic carbocycles. The Hall–Kier alpha value is -4.99. The number of hydrogen-bond acceptors (Lipinski definition) is 5. The number of amides is 1. The normalized spacial score (nSPS) is 11.2. The first-order chi connectivity index (χ1) is 20.4. The van der Waals surface area contributed by atoms with E-state index in [-0.39, 0.29) is 37.3 Å². The molecule has 0 unspecified atom stereocenters. The summed E-state index contributed by atoms with van der Waals surface area (Å²) in [6.07, 6.45) is -4.92. The average Bonchev–Trinajstić information content (AvgIpc) is 2.95. The van der Waals surface area contributed by atoms with Gasteiger partial charge in [-0.2, -0.15) is 0 Å². The molecule has 2 N–H and O–H groups in total. The van der Waals surface area contributed by atoms with Gasteiger partial charge in [0, 0.05) is 12.1 Å². The minimum Gasteiger partial charge on any atom is -0.491 e. The third kappa shape index (κ3) is 9.53. The summed E-state index contributed by atoms with van der Waals surface area (Å²) in [5.74, 6) is -0.428. The van der Waals surface area contributed by atoms with Gasteiger partial charge in [-0.15, -0.1) is 13.2 Å². The number of carboxylic acids is 1. The predicted octanol–water partition coefficient (Wildman–Crippen LogP) is 7.49. The first-order valence-electron chi connectivity index (χ1n) is 13.5. The Kier molecular flexibility index (Phi) is 9.92. The summed E-state index contributed by atoms with van der Waals surface area (Å²) in [7, 11) is 0. The topological polar surface area (TPSA) is 94.1 Å². The molecule has 4 aromatic rings. The molecule has 43 heavy (non-hydrogen) atoms. The van der Waals surface area contributed by atoms with Gasteiger partial charge in [-0.05, 0) is 96.3 Å². The zero-order valence-electron chi connectivity index (χ0n) is 23.5. The summed E-state index contributed by atoms with van der Waals surface area (Å²) in [4.78, 5) is 22.9. The highest BCUT2D eigenvalue weighted by Crippen LogP contribution is 2.34. The number of carbonyl (C=O) groups excluding carboxylic acids is 1. The van der Waals surface area contributed by atoms with Crippen molar-refractivity contribution in [2.75, 3.05) is 6.54 Å². The summed E-state index contributed by atoms with van der Waals surface area (Å²) in [6, 6.07) is 25.5. The van der Waals surface area contributed by atoms with E-state index in [0.29, 0.717) is 16.9 Å². The van der Waals surface area contributed by atoms with Gasteiger partial charge < -0.3 is 24.6 Å². The molecule has 4 aromatic carbocycles. The van der Waals surface area contributed by atoms with E-state index in [0.717, 1.165) is 28.0 Å². The second-order valence-corrected chi connectivity index (χ2v) is 9.89. The molecule has 0 fully saturated rings. The van der Waals surface area contributed by atoms with Crippen LogP contribution in [0.15, 0.2) is 91.0 Å². The summed E-state index contributed by atoms with van der Waals surface area (Å²) in [5, 5.41) is 11.3. The lowest BCUT2D eigenvalue weighted by molar-refractivity contribution is -0.274. The zero-order valence-corrected chi connectivity index (χ0v) is 23.5.